The van der Waals surface area contributed by atoms with Gasteiger partial charge in [-0.1, -0.05) is 85.8 Å². The Kier molecular flexibility index (Phi) is 19.2. The SMILES string of the molecule is CCCCC(CC)CSCCCS(=O)(=O)Nc1cc2c(cc1C1=C([O-])/C(=c3/cc4c(cc3NS(=O)(=O)CCCSCC(CC)CCCC)=[N+](C(C)C)C(C)C4(C)C)C1=O)C(C)(C)C(C)N2C(C)C. The van der Waals surface area contributed by atoms with E-state index in [0.29, 0.717) is 24.7 Å². The number of nitrogens with zero attached hydrogens (tertiary/aromatic N) is 2. The zero-order valence-electron chi connectivity index (χ0n) is 44.1. The van der Waals surface area contributed by atoms with Gasteiger partial charge in [0.15, 0.2) is 11.8 Å². The molecule has 2 aromatic carbocycles. The molecule has 4 atom stereocenters. The second kappa shape index (κ2) is 23.2. The van der Waals surface area contributed by atoms with Crippen LogP contribution in [0.25, 0.3) is 11.1 Å². The highest BCUT2D eigenvalue weighted by molar-refractivity contribution is 7.99. The summed E-state index contributed by atoms with van der Waals surface area (Å²) in [6, 6.07) is 7.65. The first-order valence-electron chi connectivity index (χ1n) is 25.8. The van der Waals surface area contributed by atoms with Crippen LogP contribution in [-0.4, -0.2) is 81.3 Å². The van der Waals surface area contributed by atoms with Gasteiger partial charge in [-0.05, 0) is 140 Å². The van der Waals surface area contributed by atoms with Crippen LogP contribution in [0.3, 0.4) is 0 Å². The smallest absolute Gasteiger partial charge is 0.232 e. The zero-order chi connectivity index (χ0) is 50.5. The molecule has 0 radical (unpaired) electrons. The second-order valence-electron chi connectivity index (χ2n) is 21.6. The summed E-state index contributed by atoms with van der Waals surface area (Å²) in [5, 5.41) is 16.0. The van der Waals surface area contributed by atoms with Crippen molar-refractivity contribution in [1.29, 1.82) is 0 Å². The lowest BCUT2D eigenvalue weighted by molar-refractivity contribution is -0.292. The molecule has 2 aliphatic heterocycles. The van der Waals surface area contributed by atoms with E-state index in [1.165, 1.54) is 38.5 Å². The summed E-state index contributed by atoms with van der Waals surface area (Å²) in [5.41, 5.74) is 2.46. The van der Waals surface area contributed by atoms with E-state index in [1.807, 2.05) is 24.3 Å². The van der Waals surface area contributed by atoms with Gasteiger partial charge in [0.25, 0.3) is 0 Å². The average molecular weight is 1020 g/mol. The summed E-state index contributed by atoms with van der Waals surface area (Å²) in [6.07, 6.45) is 10.3. The Morgan fingerprint density at radius 2 is 1.25 bits per heavy atom. The topological polar surface area (TPSA) is 139 Å². The number of carbonyl (C=O) groups excluding carboxylic acids is 1. The van der Waals surface area contributed by atoms with Gasteiger partial charge in [0.1, 0.15) is 6.04 Å². The number of carbonyl (C=O) groups is 1. The van der Waals surface area contributed by atoms with Crippen molar-refractivity contribution in [1.82, 2.24) is 4.58 Å². The van der Waals surface area contributed by atoms with Gasteiger partial charge in [-0.2, -0.15) is 23.5 Å². The summed E-state index contributed by atoms with van der Waals surface area (Å²) in [6.45, 7) is 30.2. The van der Waals surface area contributed by atoms with Gasteiger partial charge in [-0.3, -0.25) is 14.2 Å². The fourth-order valence-electron chi connectivity index (χ4n) is 10.6. The number of anilines is 3. The number of hydrogen-bond acceptors (Lipinski definition) is 9. The molecule has 4 unspecified atom stereocenters. The number of unbranched alkanes of at least 4 members (excludes halogenated alkanes) is 2. The predicted molar refractivity (Wildman–Crippen MR) is 292 cm³/mol. The largest absolute Gasteiger partial charge is 0.871 e. The van der Waals surface area contributed by atoms with Crippen LogP contribution in [0.5, 0.6) is 0 Å². The lowest BCUT2D eigenvalue weighted by atomic mass is 9.76. The molecule has 382 valence electrons. The molecule has 10 nitrogen and oxygen atoms in total. The molecule has 0 amide bonds. The maximum absolute atomic E-state index is 14.9. The minimum Gasteiger partial charge on any atom is -0.871 e. The van der Waals surface area contributed by atoms with Crippen LogP contribution in [0.4, 0.5) is 17.1 Å². The molecule has 14 heteroatoms. The Morgan fingerprint density at radius 1 is 0.721 bits per heavy atom. The van der Waals surface area contributed by atoms with E-state index in [2.05, 4.69) is 116 Å². The van der Waals surface area contributed by atoms with Crippen LogP contribution in [-0.2, 0) is 35.7 Å². The molecular weight excluding hydrogens is 929 g/mol. The summed E-state index contributed by atoms with van der Waals surface area (Å²) in [5.74, 6) is 3.47. The van der Waals surface area contributed by atoms with Crippen molar-refractivity contribution < 1.29 is 26.7 Å². The molecule has 2 aromatic rings. The number of thioether (sulfide) groups is 2. The molecule has 0 fully saturated rings. The Morgan fingerprint density at radius 3 is 1.72 bits per heavy atom. The summed E-state index contributed by atoms with van der Waals surface area (Å²) in [7, 11) is -7.77. The van der Waals surface area contributed by atoms with Crippen molar-refractivity contribution in [3.8, 4) is 0 Å². The van der Waals surface area contributed by atoms with Crippen LogP contribution >= 0.6 is 23.5 Å². The van der Waals surface area contributed by atoms with Crippen molar-refractivity contribution in [2.24, 2.45) is 11.8 Å². The number of Topliss-reactive ketones (excluding diaryl/α,β-unsaturated/α-hetero) is 1. The molecule has 0 bridgehead atoms. The highest BCUT2D eigenvalue weighted by Gasteiger charge is 2.47. The third kappa shape index (κ3) is 12.3. The summed E-state index contributed by atoms with van der Waals surface area (Å²) in [4.78, 5) is 17.2. The van der Waals surface area contributed by atoms with Crippen LogP contribution in [0.2, 0.25) is 0 Å². The molecule has 3 aliphatic rings. The monoisotopic (exact) mass is 1010 g/mol. The van der Waals surface area contributed by atoms with E-state index in [9.17, 15) is 26.7 Å². The van der Waals surface area contributed by atoms with E-state index >= 15 is 0 Å². The number of nitrogens with one attached hydrogen (secondary N) is 2. The normalized spacial score (nSPS) is 20.6. The standard InChI is InChI=1S/C54H86N4O6S4/c1-15-19-23-39(17-3)33-65-25-21-27-67(61,62)55-45-31-47-43(53(11,12)37(9)57(47)35(5)6)29-41(45)49-51(59)50(52(49)60)42-30-44-48(58(36(7)8)38(10)54(44,13)14)32-46(42)56-68(63,64)28-22-26-66-34-40(18-4)24-20-16-2/h29-32,35-40H,15-28,33-34H2,1-14H3,(H2,55,56,59,60). The quantitative estimate of drug-likeness (QED) is 0.0662. The first kappa shape index (κ1) is 56.2. The summed E-state index contributed by atoms with van der Waals surface area (Å²) < 4.78 is 63.9. The number of rotatable bonds is 27. The molecule has 0 saturated carbocycles. The second-order valence-corrected chi connectivity index (χ2v) is 27.6. The van der Waals surface area contributed by atoms with Gasteiger partial charge in [-0.15, -0.1) is 0 Å². The summed E-state index contributed by atoms with van der Waals surface area (Å²) >= 11 is 3.61. The van der Waals surface area contributed by atoms with Gasteiger partial charge in [0.2, 0.25) is 25.4 Å². The lowest BCUT2D eigenvalue weighted by Crippen LogP contribution is -2.42. The van der Waals surface area contributed by atoms with E-state index < -0.39 is 31.6 Å². The zero-order valence-corrected chi connectivity index (χ0v) is 47.3. The van der Waals surface area contributed by atoms with Gasteiger partial charge in [0.05, 0.1) is 28.3 Å². The third-order valence-corrected chi connectivity index (χ3v) is 20.7. The Bertz CT molecular complexity index is 2510. The minimum absolute atomic E-state index is 0.0502. The first-order chi connectivity index (χ1) is 31.9. The first-order valence-corrected chi connectivity index (χ1v) is 31.4. The number of allylic oxidation sites excluding steroid dienone is 2. The third-order valence-electron chi connectivity index (χ3n) is 15.4. The number of benzene rings is 2. The van der Waals surface area contributed by atoms with E-state index in [-0.39, 0.29) is 79.8 Å². The Hall–Kier alpha value is -2.68. The molecule has 68 heavy (non-hydrogen) atoms. The molecule has 0 aromatic heterocycles. The predicted octanol–water partition coefficient (Wildman–Crippen LogP) is 9.83. The van der Waals surface area contributed by atoms with Crippen molar-refractivity contribution in [2.45, 2.75) is 196 Å². The van der Waals surface area contributed by atoms with Crippen molar-refractivity contribution in [2.75, 3.05) is 48.9 Å². The van der Waals surface area contributed by atoms with Gasteiger partial charge >= 0.3 is 0 Å². The maximum atomic E-state index is 14.9. The number of sulfonamides is 2. The van der Waals surface area contributed by atoms with E-state index in [4.69, 9.17) is 0 Å². The molecule has 2 heterocycles. The number of ketones is 1. The van der Waals surface area contributed by atoms with Crippen molar-refractivity contribution in [3.05, 3.63) is 57.3 Å². The fraction of sp³-hybridized carbons (Fsp3) is 0.704. The van der Waals surface area contributed by atoms with Crippen molar-refractivity contribution >= 4 is 77.6 Å². The van der Waals surface area contributed by atoms with Gasteiger partial charge < -0.3 is 10.0 Å². The van der Waals surface area contributed by atoms with Gasteiger partial charge in [0, 0.05) is 56.7 Å². The minimum atomic E-state index is -3.89. The Labute approximate surface area is 420 Å². The van der Waals surface area contributed by atoms with E-state index in [1.54, 1.807) is 23.5 Å². The van der Waals surface area contributed by atoms with Crippen LogP contribution in [0.15, 0.2) is 30.0 Å². The molecule has 5 rings (SSSR count). The average Bonchev–Trinajstić information content (AvgIpc) is 3.58. The van der Waals surface area contributed by atoms with Gasteiger partial charge in [-0.25, -0.2) is 21.4 Å². The fourth-order valence-corrected chi connectivity index (χ4v) is 15.7. The number of hydrogen-bond donors (Lipinski definition) is 2. The lowest BCUT2D eigenvalue weighted by Gasteiger charge is -2.34. The highest BCUT2D eigenvalue weighted by Crippen LogP contribution is 2.51. The Balaban J connectivity index is 1.59. The molecule has 1 aliphatic carbocycles. The van der Waals surface area contributed by atoms with Crippen LogP contribution < -0.4 is 34.6 Å². The van der Waals surface area contributed by atoms with Crippen LogP contribution in [0.1, 0.15) is 178 Å². The maximum Gasteiger partial charge on any atom is 0.232 e. The molecular formula is C54H86N4O6S4. The highest BCUT2D eigenvalue weighted by atomic mass is 32.2. The van der Waals surface area contributed by atoms with E-state index in [0.717, 1.165) is 58.0 Å². The molecule has 0 saturated heterocycles. The number of fused-ring (bicyclic) bond motifs is 2. The molecule has 0 spiro atoms. The van der Waals surface area contributed by atoms with Crippen molar-refractivity contribution in [3.63, 3.8) is 0 Å². The molecule has 2 N–H and O–H groups in total. The van der Waals surface area contributed by atoms with Crippen LogP contribution in [0, 0.1) is 11.8 Å².